The van der Waals surface area contributed by atoms with Crippen LogP contribution in [0.25, 0.3) is 94.7 Å². The van der Waals surface area contributed by atoms with E-state index in [0.29, 0.717) is 34.3 Å². The van der Waals surface area contributed by atoms with Crippen molar-refractivity contribution >= 4 is 43.7 Å². The molecule has 0 unspecified atom stereocenters. The number of rotatable bonds is 5. The molecule has 242 valence electrons. The summed E-state index contributed by atoms with van der Waals surface area (Å²) in [5, 5.41) is 15.2. The van der Waals surface area contributed by atoms with Gasteiger partial charge in [0.2, 0.25) is 0 Å². The molecule has 0 atom stereocenters. The van der Waals surface area contributed by atoms with Crippen molar-refractivity contribution in [1.82, 2.24) is 19.5 Å². The van der Waals surface area contributed by atoms with E-state index in [2.05, 4.69) is 59.2 Å². The van der Waals surface area contributed by atoms with Crippen LogP contribution in [0, 0.1) is 11.3 Å². The first-order valence-corrected chi connectivity index (χ1v) is 17.1. The summed E-state index contributed by atoms with van der Waals surface area (Å²) >= 11 is 0. The van der Waals surface area contributed by atoms with Crippen LogP contribution in [0.1, 0.15) is 5.56 Å². The molecule has 0 amide bonds. The van der Waals surface area contributed by atoms with Crippen LogP contribution in [0.4, 0.5) is 0 Å². The summed E-state index contributed by atoms with van der Waals surface area (Å²) in [5.74, 6) is 1.54. The number of furan rings is 1. The van der Waals surface area contributed by atoms with Gasteiger partial charge in [0.05, 0.1) is 22.3 Å². The van der Waals surface area contributed by atoms with E-state index in [4.69, 9.17) is 19.4 Å². The van der Waals surface area contributed by atoms with Crippen molar-refractivity contribution in [2.45, 2.75) is 0 Å². The molecule has 0 radical (unpaired) electrons. The van der Waals surface area contributed by atoms with Crippen molar-refractivity contribution in [1.29, 1.82) is 5.26 Å². The lowest BCUT2D eigenvalue weighted by Crippen LogP contribution is -2.06. The van der Waals surface area contributed by atoms with Crippen LogP contribution in [-0.2, 0) is 0 Å². The first-order valence-electron chi connectivity index (χ1n) is 17.1. The van der Waals surface area contributed by atoms with Gasteiger partial charge in [0.25, 0.3) is 0 Å². The number of nitriles is 1. The van der Waals surface area contributed by atoms with Gasteiger partial charge in [-0.3, -0.25) is 0 Å². The molecular formula is C46H27N5O. The maximum absolute atomic E-state index is 11.1. The van der Waals surface area contributed by atoms with Crippen molar-refractivity contribution in [2.75, 3.05) is 0 Å². The summed E-state index contributed by atoms with van der Waals surface area (Å²) in [6, 6.07) is 57.3. The molecule has 0 fully saturated rings. The second-order valence-corrected chi connectivity index (χ2v) is 12.7. The van der Waals surface area contributed by atoms with Crippen LogP contribution in [0.2, 0.25) is 0 Å². The smallest absolute Gasteiger partial charge is 0.166 e. The van der Waals surface area contributed by atoms with Crippen LogP contribution in [0.5, 0.6) is 0 Å². The van der Waals surface area contributed by atoms with E-state index >= 15 is 0 Å². The Hall–Kier alpha value is -7.36. The first kappa shape index (κ1) is 29.5. The average molecular weight is 666 g/mol. The standard InChI is InChI=1S/C46H27N5O/c47-28-33-26-32(29-14-4-1-5-15-29)27-38(46-49-44(30-16-6-2-7-17-30)48-45(50-46)31-18-8-3-9-19-31)41(33)51-39-22-12-10-20-34(39)36-24-25-37-35-21-11-13-23-40(35)52-43(37)42(36)51/h1-27H. The SMILES string of the molecule is N#Cc1cc(-c2ccccc2)cc(-c2nc(-c3ccccc3)nc(-c3ccccc3)n2)c1-n1c2ccccc2c2ccc3c4ccccc4oc3c21. The van der Waals surface area contributed by atoms with Crippen molar-refractivity contribution in [3.05, 3.63) is 169 Å². The fourth-order valence-electron chi connectivity index (χ4n) is 7.32. The van der Waals surface area contributed by atoms with Gasteiger partial charge >= 0.3 is 0 Å². The highest BCUT2D eigenvalue weighted by Crippen LogP contribution is 2.44. The molecule has 0 spiro atoms. The van der Waals surface area contributed by atoms with Crippen LogP contribution >= 0.6 is 0 Å². The molecule has 0 bridgehead atoms. The lowest BCUT2D eigenvalue weighted by molar-refractivity contribution is 0.671. The lowest BCUT2D eigenvalue weighted by Gasteiger charge is -2.18. The zero-order valence-corrected chi connectivity index (χ0v) is 27.7. The van der Waals surface area contributed by atoms with Crippen molar-refractivity contribution in [2.24, 2.45) is 0 Å². The molecule has 52 heavy (non-hydrogen) atoms. The average Bonchev–Trinajstić information content (AvgIpc) is 3.77. The Kier molecular flexibility index (Phi) is 6.76. The zero-order valence-electron chi connectivity index (χ0n) is 27.7. The largest absolute Gasteiger partial charge is 0.454 e. The molecule has 6 nitrogen and oxygen atoms in total. The summed E-state index contributed by atoms with van der Waals surface area (Å²) < 4.78 is 8.85. The zero-order chi connectivity index (χ0) is 34.6. The van der Waals surface area contributed by atoms with Gasteiger partial charge in [-0.1, -0.05) is 133 Å². The third-order valence-electron chi connectivity index (χ3n) is 9.68. The Bertz CT molecular complexity index is 2960. The molecular weight excluding hydrogens is 639 g/mol. The predicted octanol–water partition coefficient (Wildman–Crippen LogP) is 11.4. The van der Waals surface area contributed by atoms with E-state index in [1.807, 2.05) is 115 Å². The van der Waals surface area contributed by atoms with E-state index in [1.54, 1.807) is 0 Å². The van der Waals surface area contributed by atoms with E-state index in [0.717, 1.165) is 66.0 Å². The highest BCUT2D eigenvalue weighted by Gasteiger charge is 2.25. The van der Waals surface area contributed by atoms with Crippen LogP contribution in [0.3, 0.4) is 0 Å². The maximum atomic E-state index is 11.1. The van der Waals surface area contributed by atoms with Gasteiger partial charge in [0.15, 0.2) is 23.1 Å². The van der Waals surface area contributed by atoms with Gasteiger partial charge < -0.3 is 8.98 Å². The number of para-hydroxylation sites is 2. The molecule has 3 heterocycles. The molecule has 0 saturated heterocycles. The molecule has 10 rings (SSSR count). The summed E-state index contributed by atoms with van der Waals surface area (Å²) in [6.45, 7) is 0. The Morgan fingerprint density at radius 2 is 1.04 bits per heavy atom. The van der Waals surface area contributed by atoms with Gasteiger partial charge in [-0.15, -0.1) is 0 Å². The minimum absolute atomic E-state index is 0.458. The molecule has 6 heteroatoms. The molecule has 0 saturated carbocycles. The Labute approximate surface area is 298 Å². The van der Waals surface area contributed by atoms with Crippen LogP contribution in [0.15, 0.2) is 168 Å². The first-order chi connectivity index (χ1) is 25.7. The monoisotopic (exact) mass is 665 g/mol. The van der Waals surface area contributed by atoms with E-state index in [9.17, 15) is 5.26 Å². The third-order valence-corrected chi connectivity index (χ3v) is 9.68. The summed E-state index contributed by atoms with van der Waals surface area (Å²) in [6.07, 6.45) is 0. The highest BCUT2D eigenvalue weighted by atomic mass is 16.3. The molecule has 0 aliphatic heterocycles. The third kappa shape index (κ3) is 4.68. The molecule has 3 aromatic heterocycles. The quantitative estimate of drug-likeness (QED) is 0.183. The molecule has 0 N–H and O–H groups in total. The number of fused-ring (bicyclic) bond motifs is 7. The van der Waals surface area contributed by atoms with Gasteiger partial charge in [-0.25, -0.2) is 15.0 Å². The van der Waals surface area contributed by atoms with Gasteiger partial charge in [0.1, 0.15) is 11.7 Å². The maximum Gasteiger partial charge on any atom is 0.166 e. The summed E-state index contributed by atoms with van der Waals surface area (Å²) in [7, 11) is 0. The Morgan fingerprint density at radius 3 is 1.71 bits per heavy atom. The molecule has 7 aromatic carbocycles. The highest BCUT2D eigenvalue weighted by molar-refractivity contribution is 6.21. The Balaban J connectivity index is 1.38. The Morgan fingerprint density at radius 1 is 0.481 bits per heavy atom. The fourth-order valence-corrected chi connectivity index (χ4v) is 7.32. The van der Waals surface area contributed by atoms with E-state index in [-0.39, 0.29) is 0 Å². The minimum atomic E-state index is 0.458. The van der Waals surface area contributed by atoms with Crippen molar-refractivity contribution in [3.63, 3.8) is 0 Å². The number of nitrogens with zero attached hydrogens (tertiary/aromatic N) is 5. The summed E-state index contributed by atoms with van der Waals surface area (Å²) in [5.41, 5.74) is 8.82. The number of hydrogen-bond donors (Lipinski definition) is 0. The number of benzene rings is 7. The van der Waals surface area contributed by atoms with Crippen molar-refractivity contribution < 1.29 is 4.42 Å². The minimum Gasteiger partial charge on any atom is -0.454 e. The van der Waals surface area contributed by atoms with Gasteiger partial charge in [-0.2, -0.15) is 5.26 Å². The van der Waals surface area contributed by atoms with Gasteiger partial charge in [0, 0.05) is 38.2 Å². The molecule has 10 aromatic rings. The number of hydrogen-bond acceptors (Lipinski definition) is 5. The molecule has 0 aliphatic rings. The summed E-state index contributed by atoms with van der Waals surface area (Å²) in [4.78, 5) is 15.3. The number of aromatic nitrogens is 4. The molecule has 0 aliphatic carbocycles. The normalized spacial score (nSPS) is 11.4. The van der Waals surface area contributed by atoms with Crippen molar-refractivity contribution in [3.8, 4) is 57.0 Å². The van der Waals surface area contributed by atoms with E-state index in [1.165, 1.54) is 0 Å². The van der Waals surface area contributed by atoms with Crippen LogP contribution in [-0.4, -0.2) is 19.5 Å². The second kappa shape index (κ2) is 11.9. The second-order valence-electron chi connectivity index (χ2n) is 12.7. The lowest BCUT2D eigenvalue weighted by atomic mass is 9.97. The predicted molar refractivity (Wildman–Crippen MR) is 208 cm³/mol. The van der Waals surface area contributed by atoms with Gasteiger partial charge in [-0.05, 0) is 41.5 Å². The topological polar surface area (TPSA) is 80.5 Å². The van der Waals surface area contributed by atoms with E-state index < -0.39 is 0 Å². The fraction of sp³-hybridized carbons (Fsp3) is 0. The van der Waals surface area contributed by atoms with Crippen LogP contribution < -0.4 is 0 Å².